The molecule has 4 nitrogen and oxygen atoms in total. The smallest absolute Gasteiger partial charge is 0.366 e. The number of nitrogens with zero attached hydrogens (tertiary/aromatic N) is 2. The van der Waals surface area contributed by atoms with Gasteiger partial charge in [-0.1, -0.05) is 42.5 Å². The molecule has 0 bridgehead atoms. The van der Waals surface area contributed by atoms with E-state index in [0.717, 1.165) is 16.8 Å². The Morgan fingerprint density at radius 2 is 1.61 bits per heavy atom. The van der Waals surface area contributed by atoms with Gasteiger partial charge in [-0.2, -0.15) is 18.3 Å². The molecule has 0 fully saturated rings. The summed E-state index contributed by atoms with van der Waals surface area (Å²) in [5.41, 5.74) is 5.83. The molecule has 0 aliphatic heterocycles. The maximum atomic E-state index is 13.4. The summed E-state index contributed by atoms with van der Waals surface area (Å²) in [6.45, 7) is 0. The Kier molecular flexibility index (Phi) is 4.15. The molecule has 4 rings (SSSR count). The molecule has 0 saturated carbocycles. The lowest BCUT2D eigenvalue weighted by molar-refractivity contribution is -0.141. The van der Waals surface area contributed by atoms with Gasteiger partial charge in [0.05, 0.1) is 11.4 Å². The third-order valence-electron chi connectivity index (χ3n) is 4.46. The van der Waals surface area contributed by atoms with Gasteiger partial charge in [-0.25, -0.2) is 4.68 Å². The van der Waals surface area contributed by atoms with E-state index in [1.807, 2.05) is 30.3 Å². The van der Waals surface area contributed by atoms with Gasteiger partial charge in [0, 0.05) is 11.1 Å². The molecular formula is C21H14F3N3O. The number of carbonyl (C=O) groups is 1. The molecule has 0 aliphatic carbocycles. The number of halogens is 3. The number of fused-ring (bicyclic) bond motifs is 1. The molecule has 0 aliphatic rings. The summed E-state index contributed by atoms with van der Waals surface area (Å²) in [7, 11) is 0. The van der Waals surface area contributed by atoms with Crippen LogP contribution in [0.5, 0.6) is 0 Å². The minimum Gasteiger partial charge on any atom is -0.366 e. The first-order valence-electron chi connectivity index (χ1n) is 8.40. The number of amides is 1. The normalized spacial score (nSPS) is 11.7. The zero-order valence-electron chi connectivity index (χ0n) is 14.4. The van der Waals surface area contributed by atoms with Gasteiger partial charge >= 0.3 is 6.18 Å². The zero-order valence-corrected chi connectivity index (χ0v) is 14.4. The highest BCUT2D eigenvalue weighted by Crippen LogP contribution is 2.35. The Hall–Kier alpha value is -3.61. The quantitative estimate of drug-likeness (QED) is 0.554. The van der Waals surface area contributed by atoms with Crippen molar-refractivity contribution >= 4 is 16.7 Å². The first-order chi connectivity index (χ1) is 13.3. The third-order valence-corrected chi connectivity index (χ3v) is 4.46. The van der Waals surface area contributed by atoms with Gasteiger partial charge < -0.3 is 5.73 Å². The molecule has 1 heterocycles. The average Bonchev–Trinajstić information content (AvgIpc) is 3.13. The third kappa shape index (κ3) is 3.11. The van der Waals surface area contributed by atoms with Gasteiger partial charge in [-0.15, -0.1) is 0 Å². The van der Waals surface area contributed by atoms with E-state index in [9.17, 15) is 18.0 Å². The molecule has 0 radical (unpaired) electrons. The van der Waals surface area contributed by atoms with Crippen molar-refractivity contribution in [3.63, 3.8) is 0 Å². The van der Waals surface area contributed by atoms with E-state index >= 15 is 0 Å². The molecule has 1 amide bonds. The molecule has 0 saturated heterocycles. The fourth-order valence-electron chi connectivity index (χ4n) is 3.12. The maximum Gasteiger partial charge on any atom is 0.435 e. The van der Waals surface area contributed by atoms with Crippen LogP contribution in [0, 0.1) is 0 Å². The summed E-state index contributed by atoms with van der Waals surface area (Å²) in [4.78, 5) is 11.3. The number of primary amides is 1. The summed E-state index contributed by atoms with van der Waals surface area (Å²) >= 11 is 0. The van der Waals surface area contributed by atoms with Crippen LogP contribution >= 0.6 is 0 Å². The average molecular weight is 381 g/mol. The van der Waals surface area contributed by atoms with Gasteiger partial charge in [0.2, 0.25) is 5.91 Å². The fraction of sp³-hybridized carbons (Fsp3) is 0.0476. The lowest BCUT2D eigenvalue weighted by Crippen LogP contribution is -2.11. The summed E-state index contributed by atoms with van der Waals surface area (Å²) in [6.07, 6.45) is -4.59. The van der Waals surface area contributed by atoms with Gasteiger partial charge in [0.15, 0.2) is 5.69 Å². The second kappa shape index (κ2) is 6.53. The first kappa shape index (κ1) is 17.8. The molecule has 2 N–H and O–H groups in total. The number of benzene rings is 3. The van der Waals surface area contributed by atoms with Gasteiger partial charge in [0.1, 0.15) is 0 Å². The van der Waals surface area contributed by atoms with Crippen molar-refractivity contribution < 1.29 is 18.0 Å². The molecule has 0 spiro atoms. The molecule has 4 aromatic rings. The van der Waals surface area contributed by atoms with Crippen molar-refractivity contribution in [2.45, 2.75) is 6.18 Å². The second-order valence-electron chi connectivity index (χ2n) is 6.26. The van der Waals surface area contributed by atoms with Crippen molar-refractivity contribution in [2.75, 3.05) is 0 Å². The van der Waals surface area contributed by atoms with E-state index in [0.29, 0.717) is 16.9 Å². The number of hydrogen-bond acceptors (Lipinski definition) is 2. The van der Waals surface area contributed by atoms with Crippen LogP contribution in [-0.4, -0.2) is 15.7 Å². The van der Waals surface area contributed by atoms with Crippen LogP contribution in [0.1, 0.15) is 16.1 Å². The second-order valence-corrected chi connectivity index (χ2v) is 6.26. The number of carbonyl (C=O) groups excluding carboxylic acids is 1. The maximum absolute atomic E-state index is 13.4. The van der Waals surface area contributed by atoms with Gasteiger partial charge in [-0.05, 0) is 41.1 Å². The number of hydrogen-bond donors (Lipinski definition) is 1. The van der Waals surface area contributed by atoms with Crippen LogP contribution in [0.25, 0.3) is 27.7 Å². The number of alkyl halides is 3. The predicted octanol–water partition coefficient (Wildman–Crippen LogP) is 4.81. The van der Waals surface area contributed by atoms with Crippen LogP contribution in [0.3, 0.4) is 0 Å². The fourth-order valence-corrected chi connectivity index (χ4v) is 3.12. The molecule has 0 unspecified atom stereocenters. The van der Waals surface area contributed by atoms with Crippen LogP contribution in [0.2, 0.25) is 0 Å². The lowest BCUT2D eigenvalue weighted by atomic mass is 10.0. The van der Waals surface area contributed by atoms with Crippen molar-refractivity contribution in [2.24, 2.45) is 5.73 Å². The number of aromatic nitrogens is 2. The molecular weight excluding hydrogens is 367 g/mol. The van der Waals surface area contributed by atoms with Gasteiger partial charge in [-0.3, -0.25) is 4.79 Å². The van der Waals surface area contributed by atoms with Crippen LogP contribution in [-0.2, 0) is 6.18 Å². The SMILES string of the molecule is NC(=O)c1ccc(-n2nc(C(F)(F)F)cc2-c2cccc3ccccc23)cc1. The Morgan fingerprint density at radius 1 is 0.929 bits per heavy atom. The van der Waals surface area contributed by atoms with E-state index in [-0.39, 0.29) is 5.56 Å². The highest BCUT2D eigenvalue weighted by molar-refractivity contribution is 5.96. The van der Waals surface area contributed by atoms with Crippen LogP contribution in [0.4, 0.5) is 13.2 Å². The van der Waals surface area contributed by atoms with E-state index in [2.05, 4.69) is 5.10 Å². The largest absolute Gasteiger partial charge is 0.435 e. The number of rotatable bonds is 3. The summed E-state index contributed by atoms with van der Waals surface area (Å²) in [5, 5.41) is 5.51. The van der Waals surface area contributed by atoms with Gasteiger partial charge in [0.25, 0.3) is 0 Å². The summed E-state index contributed by atoms with van der Waals surface area (Å²) in [5.74, 6) is -0.614. The number of nitrogens with two attached hydrogens (primary N) is 1. The Bertz CT molecular complexity index is 1170. The molecule has 0 atom stereocenters. The minimum absolute atomic E-state index is 0.263. The lowest BCUT2D eigenvalue weighted by Gasteiger charge is -2.10. The Labute approximate surface area is 158 Å². The van der Waals surface area contributed by atoms with Crippen LogP contribution < -0.4 is 5.73 Å². The molecule has 7 heteroatoms. The Morgan fingerprint density at radius 3 is 2.29 bits per heavy atom. The predicted molar refractivity (Wildman–Crippen MR) is 100 cm³/mol. The standard InChI is InChI=1S/C21H14F3N3O/c22-21(23,24)19-12-18(17-7-3-5-13-4-1-2-6-16(13)17)27(26-19)15-10-8-14(9-11-15)20(25)28/h1-12H,(H2,25,28). The summed E-state index contributed by atoms with van der Waals surface area (Å²) in [6, 6.07) is 19.9. The van der Waals surface area contributed by atoms with Crippen molar-refractivity contribution in [3.8, 4) is 16.9 Å². The minimum atomic E-state index is -4.59. The zero-order chi connectivity index (χ0) is 19.9. The van der Waals surface area contributed by atoms with E-state index in [4.69, 9.17) is 5.73 Å². The topological polar surface area (TPSA) is 60.9 Å². The van der Waals surface area contributed by atoms with E-state index < -0.39 is 17.8 Å². The first-order valence-corrected chi connectivity index (χ1v) is 8.40. The van der Waals surface area contributed by atoms with Crippen LogP contribution in [0.15, 0.2) is 72.8 Å². The molecule has 28 heavy (non-hydrogen) atoms. The molecule has 140 valence electrons. The Balaban J connectivity index is 1.96. The van der Waals surface area contributed by atoms with E-state index in [1.54, 1.807) is 12.1 Å². The highest BCUT2D eigenvalue weighted by Gasteiger charge is 2.35. The highest BCUT2D eigenvalue weighted by atomic mass is 19.4. The molecule has 3 aromatic carbocycles. The van der Waals surface area contributed by atoms with Crippen molar-refractivity contribution in [3.05, 3.63) is 84.1 Å². The van der Waals surface area contributed by atoms with Crippen molar-refractivity contribution in [1.82, 2.24) is 9.78 Å². The molecule has 1 aromatic heterocycles. The van der Waals surface area contributed by atoms with Crippen molar-refractivity contribution in [1.29, 1.82) is 0 Å². The van der Waals surface area contributed by atoms with E-state index in [1.165, 1.54) is 28.9 Å². The monoisotopic (exact) mass is 381 g/mol. The summed E-state index contributed by atoms with van der Waals surface area (Å²) < 4.78 is 41.3.